The van der Waals surface area contributed by atoms with Crippen LogP contribution < -0.4 is 10.2 Å². The van der Waals surface area contributed by atoms with Crippen molar-refractivity contribution in [3.63, 3.8) is 0 Å². The fraction of sp³-hybridized carbons (Fsp3) is 0.333. The number of carbonyl (C=O) groups is 2. The standard InChI is InChI=1S/C18H20N6O4/c1-13-3-4-14(11-15(13)24(27)28)17(26)21-12-16(25)22-7-9-23(10-8-22)18-19-5-2-6-20-18/h2-6,11H,7-10,12H2,1H3,(H,21,26). The number of nitrogens with one attached hydrogen (secondary N) is 1. The van der Waals surface area contributed by atoms with Crippen molar-refractivity contribution in [1.29, 1.82) is 0 Å². The Kier molecular flexibility index (Phi) is 5.78. The van der Waals surface area contributed by atoms with Gasteiger partial charge in [0.1, 0.15) is 0 Å². The lowest BCUT2D eigenvalue weighted by molar-refractivity contribution is -0.385. The summed E-state index contributed by atoms with van der Waals surface area (Å²) in [4.78, 5) is 47.1. The van der Waals surface area contributed by atoms with Crippen LogP contribution in [0.5, 0.6) is 0 Å². The van der Waals surface area contributed by atoms with Crippen molar-refractivity contribution in [3.8, 4) is 0 Å². The number of hydrogen-bond acceptors (Lipinski definition) is 7. The number of aryl methyl sites for hydroxylation is 1. The molecule has 10 nitrogen and oxygen atoms in total. The minimum atomic E-state index is -0.535. The molecule has 2 amide bonds. The first-order chi connectivity index (χ1) is 13.5. The van der Waals surface area contributed by atoms with Gasteiger partial charge in [-0.1, -0.05) is 6.07 Å². The largest absolute Gasteiger partial charge is 0.343 e. The highest BCUT2D eigenvalue weighted by molar-refractivity contribution is 5.97. The first kappa shape index (κ1) is 19.2. The van der Waals surface area contributed by atoms with E-state index >= 15 is 0 Å². The Morgan fingerprint density at radius 2 is 1.86 bits per heavy atom. The third-order valence-electron chi connectivity index (χ3n) is 4.54. The SMILES string of the molecule is Cc1ccc(C(=O)NCC(=O)N2CCN(c3ncccn3)CC2)cc1[N+](=O)[O-]. The summed E-state index contributed by atoms with van der Waals surface area (Å²) in [6.07, 6.45) is 3.34. The maximum absolute atomic E-state index is 12.4. The Morgan fingerprint density at radius 3 is 2.50 bits per heavy atom. The number of amides is 2. The van der Waals surface area contributed by atoms with Crippen molar-refractivity contribution in [1.82, 2.24) is 20.2 Å². The van der Waals surface area contributed by atoms with Crippen LogP contribution in [0, 0.1) is 17.0 Å². The molecule has 1 N–H and O–H groups in total. The van der Waals surface area contributed by atoms with E-state index in [1.165, 1.54) is 18.2 Å². The molecule has 28 heavy (non-hydrogen) atoms. The molecule has 0 radical (unpaired) electrons. The van der Waals surface area contributed by atoms with Crippen LogP contribution >= 0.6 is 0 Å². The van der Waals surface area contributed by atoms with E-state index in [0.29, 0.717) is 37.7 Å². The van der Waals surface area contributed by atoms with E-state index in [-0.39, 0.29) is 23.7 Å². The van der Waals surface area contributed by atoms with Gasteiger partial charge in [0.05, 0.1) is 11.5 Å². The number of carbonyl (C=O) groups excluding carboxylic acids is 2. The fourth-order valence-corrected chi connectivity index (χ4v) is 2.93. The number of hydrogen-bond donors (Lipinski definition) is 1. The van der Waals surface area contributed by atoms with Crippen LogP contribution in [0.1, 0.15) is 15.9 Å². The summed E-state index contributed by atoms with van der Waals surface area (Å²) in [6.45, 7) is 3.65. The van der Waals surface area contributed by atoms with Crippen LogP contribution in [-0.2, 0) is 4.79 Å². The van der Waals surface area contributed by atoms with Gasteiger partial charge in [0.25, 0.3) is 11.6 Å². The second-order valence-corrected chi connectivity index (χ2v) is 6.36. The molecule has 1 aliphatic heterocycles. The van der Waals surface area contributed by atoms with Crippen LogP contribution in [0.15, 0.2) is 36.7 Å². The third-order valence-corrected chi connectivity index (χ3v) is 4.54. The predicted octanol–water partition coefficient (Wildman–Crippen LogP) is 0.772. The van der Waals surface area contributed by atoms with E-state index < -0.39 is 10.8 Å². The number of nitro groups is 1. The lowest BCUT2D eigenvalue weighted by atomic mass is 10.1. The molecule has 2 aromatic rings. The number of rotatable bonds is 5. The molecule has 1 aliphatic rings. The van der Waals surface area contributed by atoms with Crippen molar-refractivity contribution in [2.45, 2.75) is 6.92 Å². The van der Waals surface area contributed by atoms with Gasteiger partial charge in [-0.3, -0.25) is 19.7 Å². The maximum Gasteiger partial charge on any atom is 0.273 e. The van der Waals surface area contributed by atoms with Gasteiger partial charge in [-0.25, -0.2) is 9.97 Å². The predicted molar refractivity (Wildman–Crippen MR) is 101 cm³/mol. The first-order valence-corrected chi connectivity index (χ1v) is 8.78. The van der Waals surface area contributed by atoms with Gasteiger partial charge < -0.3 is 15.1 Å². The second kappa shape index (κ2) is 8.42. The zero-order chi connectivity index (χ0) is 20.1. The lowest BCUT2D eigenvalue weighted by Crippen LogP contribution is -2.51. The molecule has 0 atom stereocenters. The highest BCUT2D eigenvalue weighted by atomic mass is 16.6. The topological polar surface area (TPSA) is 122 Å². The number of piperazine rings is 1. The van der Waals surface area contributed by atoms with Gasteiger partial charge in [-0.2, -0.15) is 0 Å². The van der Waals surface area contributed by atoms with Crippen LogP contribution in [0.2, 0.25) is 0 Å². The highest BCUT2D eigenvalue weighted by Gasteiger charge is 2.23. The Morgan fingerprint density at radius 1 is 1.18 bits per heavy atom. The minimum absolute atomic E-state index is 0.127. The average Bonchev–Trinajstić information content (AvgIpc) is 2.72. The molecule has 0 aliphatic carbocycles. The molecular formula is C18H20N6O4. The van der Waals surface area contributed by atoms with Crippen molar-refractivity contribution >= 4 is 23.5 Å². The van der Waals surface area contributed by atoms with E-state index in [0.717, 1.165) is 0 Å². The van der Waals surface area contributed by atoms with Gasteiger partial charge in [0.15, 0.2) is 0 Å². The summed E-state index contributed by atoms with van der Waals surface area (Å²) in [6, 6.07) is 5.98. The minimum Gasteiger partial charge on any atom is -0.343 e. The summed E-state index contributed by atoms with van der Waals surface area (Å²) in [5, 5.41) is 13.5. The van der Waals surface area contributed by atoms with Crippen molar-refractivity contribution in [2.24, 2.45) is 0 Å². The Bertz CT molecular complexity index is 881. The molecule has 1 aromatic heterocycles. The first-order valence-electron chi connectivity index (χ1n) is 8.78. The molecule has 0 unspecified atom stereocenters. The molecule has 2 heterocycles. The van der Waals surface area contributed by atoms with E-state index in [4.69, 9.17) is 0 Å². The average molecular weight is 384 g/mol. The van der Waals surface area contributed by atoms with Crippen molar-refractivity contribution in [2.75, 3.05) is 37.6 Å². The normalized spacial score (nSPS) is 13.9. The molecule has 146 valence electrons. The number of anilines is 1. The molecule has 10 heteroatoms. The molecule has 0 saturated carbocycles. The van der Waals surface area contributed by atoms with Crippen molar-refractivity contribution < 1.29 is 14.5 Å². The second-order valence-electron chi connectivity index (χ2n) is 6.36. The molecular weight excluding hydrogens is 364 g/mol. The molecule has 1 fully saturated rings. The summed E-state index contributed by atoms with van der Waals surface area (Å²) >= 11 is 0. The Labute approximate surface area is 161 Å². The van der Waals surface area contributed by atoms with Crippen LogP contribution in [0.25, 0.3) is 0 Å². The molecule has 1 saturated heterocycles. The van der Waals surface area contributed by atoms with Gasteiger partial charge in [-0.05, 0) is 19.1 Å². The van der Waals surface area contributed by atoms with Crippen molar-refractivity contribution in [3.05, 3.63) is 57.9 Å². The lowest BCUT2D eigenvalue weighted by Gasteiger charge is -2.34. The zero-order valence-corrected chi connectivity index (χ0v) is 15.4. The van der Waals surface area contributed by atoms with Gasteiger partial charge >= 0.3 is 0 Å². The van der Waals surface area contributed by atoms with Crippen LogP contribution in [-0.4, -0.2) is 64.3 Å². The highest BCUT2D eigenvalue weighted by Crippen LogP contribution is 2.19. The zero-order valence-electron chi connectivity index (χ0n) is 15.4. The summed E-state index contributed by atoms with van der Waals surface area (Å²) in [5.41, 5.74) is 0.493. The van der Waals surface area contributed by atoms with E-state index in [1.54, 1.807) is 30.3 Å². The molecule has 0 spiro atoms. The number of aromatic nitrogens is 2. The number of benzene rings is 1. The third kappa shape index (κ3) is 4.40. The van der Waals surface area contributed by atoms with Gasteiger partial charge in [0, 0.05) is 55.8 Å². The van der Waals surface area contributed by atoms with Gasteiger partial charge in [-0.15, -0.1) is 0 Å². The smallest absolute Gasteiger partial charge is 0.273 e. The fourth-order valence-electron chi connectivity index (χ4n) is 2.93. The Balaban J connectivity index is 1.51. The van der Waals surface area contributed by atoms with E-state index in [2.05, 4.69) is 15.3 Å². The Hall–Kier alpha value is -3.56. The molecule has 1 aromatic carbocycles. The summed E-state index contributed by atoms with van der Waals surface area (Å²) < 4.78 is 0. The van der Waals surface area contributed by atoms with E-state index in [1.807, 2.05) is 4.90 Å². The number of nitrogens with zero attached hydrogens (tertiary/aromatic N) is 5. The molecule has 0 bridgehead atoms. The molecule has 3 rings (SSSR count). The van der Waals surface area contributed by atoms with Crippen LogP contribution in [0.3, 0.4) is 0 Å². The number of nitro benzene ring substituents is 1. The van der Waals surface area contributed by atoms with Gasteiger partial charge in [0.2, 0.25) is 11.9 Å². The van der Waals surface area contributed by atoms with E-state index in [9.17, 15) is 19.7 Å². The summed E-state index contributed by atoms with van der Waals surface area (Å²) in [7, 11) is 0. The summed E-state index contributed by atoms with van der Waals surface area (Å²) in [5.74, 6) is -0.0970. The maximum atomic E-state index is 12.4. The quantitative estimate of drug-likeness (QED) is 0.597. The van der Waals surface area contributed by atoms with Crippen LogP contribution in [0.4, 0.5) is 11.6 Å². The monoisotopic (exact) mass is 384 g/mol.